The SMILES string of the molecule is CC1=CC2(CCN(c3cc(C(=O)N4CCOCC4)ccn3)CC2)OCC1. The van der Waals surface area contributed by atoms with E-state index in [1.165, 1.54) is 5.57 Å². The summed E-state index contributed by atoms with van der Waals surface area (Å²) in [6.07, 6.45) is 7.04. The fraction of sp³-hybridized carbons (Fsp3) is 0.600. The monoisotopic (exact) mass is 357 g/mol. The van der Waals surface area contributed by atoms with Gasteiger partial charge in [-0.25, -0.2) is 4.98 Å². The molecule has 2 fully saturated rings. The van der Waals surface area contributed by atoms with E-state index in [2.05, 4.69) is 22.9 Å². The maximum absolute atomic E-state index is 12.7. The lowest BCUT2D eigenvalue weighted by atomic mass is 9.87. The number of morpholine rings is 1. The van der Waals surface area contributed by atoms with Crippen LogP contribution in [0.3, 0.4) is 0 Å². The van der Waals surface area contributed by atoms with Crippen LogP contribution < -0.4 is 4.90 Å². The van der Waals surface area contributed by atoms with Gasteiger partial charge in [0.2, 0.25) is 0 Å². The van der Waals surface area contributed by atoms with Crippen LogP contribution in [0.4, 0.5) is 5.82 Å². The number of hydrogen-bond donors (Lipinski definition) is 0. The summed E-state index contributed by atoms with van der Waals surface area (Å²) < 4.78 is 11.4. The predicted octanol–water partition coefficient (Wildman–Crippen LogP) is 2.26. The zero-order chi connectivity index (χ0) is 18.0. The van der Waals surface area contributed by atoms with Gasteiger partial charge in [-0.05, 0) is 38.3 Å². The molecule has 0 saturated carbocycles. The van der Waals surface area contributed by atoms with Crippen LogP contribution in [-0.2, 0) is 9.47 Å². The summed E-state index contributed by atoms with van der Waals surface area (Å²) in [4.78, 5) is 21.3. The van der Waals surface area contributed by atoms with Gasteiger partial charge in [-0.3, -0.25) is 4.79 Å². The Bertz CT molecular complexity index is 689. The highest BCUT2D eigenvalue weighted by atomic mass is 16.5. The van der Waals surface area contributed by atoms with Crippen LogP contribution >= 0.6 is 0 Å². The van der Waals surface area contributed by atoms with Crippen molar-refractivity contribution in [3.8, 4) is 0 Å². The number of nitrogens with zero attached hydrogens (tertiary/aromatic N) is 3. The number of pyridine rings is 1. The van der Waals surface area contributed by atoms with Crippen LogP contribution in [0.2, 0.25) is 0 Å². The molecule has 6 heteroatoms. The molecule has 6 nitrogen and oxygen atoms in total. The van der Waals surface area contributed by atoms with Gasteiger partial charge >= 0.3 is 0 Å². The van der Waals surface area contributed by atoms with Crippen molar-refractivity contribution < 1.29 is 14.3 Å². The molecular formula is C20H27N3O3. The second-order valence-corrected chi connectivity index (χ2v) is 7.45. The topological polar surface area (TPSA) is 54.9 Å². The number of aromatic nitrogens is 1. The second kappa shape index (κ2) is 7.37. The molecule has 0 N–H and O–H groups in total. The fourth-order valence-electron chi connectivity index (χ4n) is 4.05. The Morgan fingerprint density at radius 2 is 1.92 bits per heavy atom. The Balaban J connectivity index is 1.44. The number of amides is 1. The van der Waals surface area contributed by atoms with Gasteiger partial charge in [-0.2, -0.15) is 0 Å². The summed E-state index contributed by atoms with van der Waals surface area (Å²) >= 11 is 0. The number of carbonyl (C=O) groups is 1. The Morgan fingerprint density at radius 3 is 2.65 bits per heavy atom. The van der Waals surface area contributed by atoms with Crippen LogP contribution in [0.25, 0.3) is 0 Å². The van der Waals surface area contributed by atoms with Gasteiger partial charge in [0, 0.05) is 37.9 Å². The van der Waals surface area contributed by atoms with Crippen LogP contribution in [0.5, 0.6) is 0 Å². The van der Waals surface area contributed by atoms with E-state index in [9.17, 15) is 4.79 Å². The van der Waals surface area contributed by atoms with E-state index >= 15 is 0 Å². The van der Waals surface area contributed by atoms with Crippen LogP contribution in [0, 0.1) is 0 Å². The van der Waals surface area contributed by atoms with Gasteiger partial charge in [0.15, 0.2) is 0 Å². The average molecular weight is 357 g/mol. The van der Waals surface area contributed by atoms with Crippen molar-refractivity contribution in [2.75, 3.05) is 50.9 Å². The van der Waals surface area contributed by atoms with Gasteiger partial charge < -0.3 is 19.3 Å². The number of anilines is 1. The first kappa shape index (κ1) is 17.5. The van der Waals surface area contributed by atoms with E-state index in [1.54, 1.807) is 6.20 Å². The highest BCUT2D eigenvalue weighted by Crippen LogP contribution is 2.34. The normalized spacial score (nSPS) is 23.0. The minimum Gasteiger partial charge on any atom is -0.378 e. The quantitative estimate of drug-likeness (QED) is 0.760. The summed E-state index contributed by atoms with van der Waals surface area (Å²) in [5.74, 6) is 0.954. The number of ether oxygens (including phenoxy) is 2. The number of piperidine rings is 1. The largest absolute Gasteiger partial charge is 0.378 e. The molecule has 140 valence electrons. The molecule has 4 rings (SSSR count). The Hall–Kier alpha value is -1.92. The molecule has 3 aliphatic heterocycles. The lowest BCUT2D eigenvalue weighted by Gasteiger charge is -2.42. The second-order valence-electron chi connectivity index (χ2n) is 7.45. The zero-order valence-electron chi connectivity index (χ0n) is 15.4. The Kier molecular flexibility index (Phi) is 4.96. The van der Waals surface area contributed by atoms with Gasteiger partial charge in [0.25, 0.3) is 5.91 Å². The molecular weight excluding hydrogens is 330 g/mol. The van der Waals surface area contributed by atoms with Gasteiger partial charge in [0.1, 0.15) is 5.82 Å². The van der Waals surface area contributed by atoms with E-state index in [4.69, 9.17) is 9.47 Å². The van der Waals surface area contributed by atoms with Crippen molar-refractivity contribution in [3.63, 3.8) is 0 Å². The molecule has 0 aliphatic carbocycles. The van der Waals surface area contributed by atoms with Crippen LogP contribution in [0.15, 0.2) is 30.0 Å². The fourth-order valence-corrected chi connectivity index (χ4v) is 4.05. The molecule has 0 atom stereocenters. The summed E-state index contributed by atoms with van der Waals surface area (Å²) in [5, 5.41) is 0. The minimum atomic E-state index is -0.0972. The first-order valence-electron chi connectivity index (χ1n) is 9.56. The third kappa shape index (κ3) is 3.62. The van der Waals surface area contributed by atoms with Gasteiger partial charge in [0.05, 0.1) is 25.4 Å². The summed E-state index contributed by atoms with van der Waals surface area (Å²) in [6, 6.07) is 3.74. The molecule has 2 saturated heterocycles. The summed E-state index contributed by atoms with van der Waals surface area (Å²) in [5.41, 5.74) is 2.04. The van der Waals surface area contributed by atoms with Crippen molar-refractivity contribution in [2.24, 2.45) is 0 Å². The van der Waals surface area contributed by atoms with E-state index in [-0.39, 0.29) is 11.5 Å². The standard InChI is InChI=1S/C20H27N3O3/c1-16-3-11-26-20(15-16)4-7-22(8-5-20)18-14-17(2-6-21-18)19(24)23-9-12-25-13-10-23/h2,6,14-15H,3-5,7-13H2,1H3. The zero-order valence-corrected chi connectivity index (χ0v) is 15.4. The van der Waals surface area contributed by atoms with Crippen molar-refractivity contribution in [1.29, 1.82) is 0 Å². The van der Waals surface area contributed by atoms with E-state index in [0.717, 1.165) is 44.8 Å². The van der Waals surface area contributed by atoms with Crippen molar-refractivity contribution in [1.82, 2.24) is 9.88 Å². The molecule has 1 amide bonds. The lowest BCUT2D eigenvalue weighted by Crippen LogP contribution is -2.46. The number of rotatable bonds is 2. The molecule has 1 spiro atoms. The molecule has 4 heterocycles. The third-order valence-electron chi connectivity index (χ3n) is 5.62. The molecule has 1 aromatic rings. The number of hydrogen-bond acceptors (Lipinski definition) is 5. The summed E-state index contributed by atoms with van der Waals surface area (Å²) in [6.45, 7) is 7.36. The van der Waals surface area contributed by atoms with Crippen molar-refractivity contribution in [3.05, 3.63) is 35.5 Å². The molecule has 26 heavy (non-hydrogen) atoms. The Morgan fingerprint density at radius 1 is 1.15 bits per heavy atom. The predicted molar refractivity (Wildman–Crippen MR) is 99.5 cm³/mol. The highest BCUT2D eigenvalue weighted by Gasteiger charge is 2.35. The Labute approximate surface area is 154 Å². The first-order chi connectivity index (χ1) is 12.7. The molecule has 0 radical (unpaired) electrons. The smallest absolute Gasteiger partial charge is 0.254 e. The minimum absolute atomic E-state index is 0.0691. The van der Waals surface area contributed by atoms with Gasteiger partial charge in [-0.15, -0.1) is 0 Å². The molecule has 0 aromatic carbocycles. The van der Waals surface area contributed by atoms with Crippen molar-refractivity contribution in [2.45, 2.75) is 31.8 Å². The van der Waals surface area contributed by atoms with E-state index in [0.29, 0.717) is 31.9 Å². The molecule has 3 aliphatic rings. The molecule has 1 aromatic heterocycles. The summed E-state index contributed by atoms with van der Waals surface area (Å²) in [7, 11) is 0. The highest BCUT2D eigenvalue weighted by molar-refractivity contribution is 5.94. The maximum Gasteiger partial charge on any atom is 0.254 e. The molecule has 0 unspecified atom stereocenters. The van der Waals surface area contributed by atoms with Crippen LogP contribution in [-0.4, -0.2) is 67.4 Å². The van der Waals surface area contributed by atoms with Crippen LogP contribution in [0.1, 0.15) is 36.5 Å². The average Bonchev–Trinajstić information content (AvgIpc) is 2.69. The molecule has 0 bridgehead atoms. The first-order valence-corrected chi connectivity index (χ1v) is 9.56. The number of carbonyl (C=O) groups excluding carboxylic acids is 1. The third-order valence-corrected chi connectivity index (χ3v) is 5.62. The maximum atomic E-state index is 12.7. The van der Waals surface area contributed by atoms with Gasteiger partial charge in [-0.1, -0.05) is 11.6 Å². The van der Waals surface area contributed by atoms with E-state index < -0.39 is 0 Å². The van der Waals surface area contributed by atoms with E-state index in [1.807, 2.05) is 17.0 Å². The lowest BCUT2D eigenvalue weighted by molar-refractivity contribution is -0.0326. The van der Waals surface area contributed by atoms with Crippen molar-refractivity contribution >= 4 is 11.7 Å².